The Kier molecular flexibility index (Phi) is 1.91. The number of hydrogen-bond donors (Lipinski definition) is 2. The van der Waals surface area contributed by atoms with E-state index in [1.165, 1.54) is 0 Å². The Hall–Kier alpha value is -1.03. The molecule has 0 saturated heterocycles. The Morgan fingerprint density at radius 2 is 2.50 bits per heavy atom. The van der Waals surface area contributed by atoms with Crippen molar-refractivity contribution in [2.75, 3.05) is 12.8 Å². The number of aromatic nitrogens is 1. The molecule has 56 valence electrons. The molecule has 1 aromatic heterocycles. The van der Waals surface area contributed by atoms with E-state index in [1.54, 1.807) is 6.07 Å². The van der Waals surface area contributed by atoms with E-state index in [-0.39, 0.29) is 6.04 Å². The SMILES string of the molecule is CNC(C)c1cc(N)on1. The van der Waals surface area contributed by atoms with Gasteiger partial charge < -0.3 is 15.6 Å². The normalized spacial score (nSPS) is 13.4. The van der Waals surface area contributed by atoms with Crippen molar-refractivity contribution in [1.29, 1.82) is 0 Å². The van der Waals surface area contributed by atoms with Crippen molar-refractivity contribution in [3.8, 4) is 0 Å². The molecule has 1 heterocycles. The molecule has 1 aromatic rings. The zero-order chi connectivity index (χ0) is 7.56. The topological polar surface area (TPSA) is 64.1 Å². The van der Waals surface area contributed by atoms with Crippen molar-refractivity contribution < 1.29 is 4.52 Å². The van der Waals surface area contributed by atoms with Crippen LogP contribution in [0.1, 0.15) is 18.7 Å². The number of rotatable bonds is 2. The van der Waals surface area contributed by atoms with Crippen LogP contribution in [0.15, 0.2) is 10.6 Å². The highest BCUT2D eigenvalue weighted by Gasteiger charge is 2.06. The lowest BCUT2D eigenvalue weighted by Gasteiger charge is -2.02. The van der Waals surface area contributed by atoms with Gasteiger partial charge in [0.25, 0.3) is 0 Å². The van der Waals surface area contributed by atoms with Crippen molar-refractivity contribution in [2.24, 2.45) is 0 Å². The second-order valence-electron chi connectivity index (χ2n) is 2.16. The summed E-state index contributed by atoms with van der Waals surface area (Å²) < 4.78 is 4.68. The van der Waals surface area contributed by atoms with Gasteiger partial charge in [-0.3, -0.25) is 0 Å². The van der Waals surface area contributed by atoms with E-state index in [1.807, 2.05) is 14.0 Å². The smallest absolute Gasteiger partial charge is 0.222 e. The van der Waals surface area contributed by atoms with Crippen molar-refractivity contribution in [3.63, 3.8) is 0 Å². The molecule has 4 nitrogen and oxygen atoms in total. The van der Waals surface area contributed by atoms with E-state index in [2.05, 4.69) is 15.0 Å². The highest BCUT2D eigenvalue weighted by atomic mass is 16.5. The second-order valence-corrected chi connectivity index (χ2v) is 2.16. The van der Waals surface area contributed by atoms with Crippen LogP contribution in [-0.4, -0.2) is 12.2 Å². The number of nitrogens with zero attached hydrogens (tertiary/aromatic N) is 1. The largest absolute Gasteiger partial charge is 0.368 e. The lowest BCUT2D eigenvalue weighted by molar-refractivity contribution is 0.417. The Labute approximate surface area is 59.4 Å². The highest BCUT2D eigenvalue weighted by Crippen LogP contribution is 2.12. The Bertz CT molecular complexity index is 209. The summed E-state index contributed by atoms with van der Waals surface area (Å²) in [6, 6.07) is 1.90. The summed E-state index contributed by atoms with van der Waals surface area (Å²) in [6.07, 6.45) is 0. The van der Waals surface area contributed by atoms with Crippen molar-refractivity contribution in [2.45, 2.75) is 13.0 Å². The Morgan fingerprint density at radius 3 is 2.90 bits per heavy atom. The molecule has 0 aliphatic carbocycles. The standard InChI is InChI=1S/C6H11N3O/c1-4(8-2)5-3-6(7)10-9-5/h3-4,8H,7H2,1-2H3. The van der Waals surface area contributed by atoms with Gasteiger partial charge in [0.05, 0.1) is 0 Å². The predicted molar refractivity (Wildman–Crippen MR) is 38.4 cm³/mol. The van der Waals surface area contributed by atoms with Crippen molar-refractivity contribution in [3.05, 3.63) is 11.8 Å². The molecule has 0 saturated carbocycles. The second kappa shape index (κ2) is 2.70. The van der Waals surface area contributed by atoms with E-state index in [0.717, 1.165) is 5.69 Å². The number of anilines is 1. The van der Waals surface area contributed by atoms with Crippen molar-refractivity contribution >= 4 is 5.88 Å². The van der Waals surface area contributed by atoms with E-state index in [9.17, 15) is 0 Å². The first-order valence-electron chi connectivity index (χ1n) is 3.13. The quantitative estimate of drug-likeness (QED) is 0.630. The van der Waals surface area contributed by atoms with Gasteiger partial charge in [-0.15, -0.1) is 0 Å². The highest BCUT2D eigenvalue weighted by molar-refractivity contribution is 5.25. The molecule has 4 heteroatoms. The summed E-state index contributed by atoms with van der Waals surface area (Å²) in [5.41, 5.74) is 6.15. The van der Waals surface area contributed by atoms with Gasteiger partial charge in [-0.05, 0) is 14.0 Å². The lowest BCUT2D eigenvalue weighted by atomic mass is 10.2. The van der Waals surface area contributed by atoms with Crippen LogP contribution in [0.3, 0.4) is 0 Å². The fourth-order valence-corrected chi connectivity index (χ4v) is 0.656. The third-order valence-corrected chi connectivity index (χ3v) is 1.42. The molecule has 0 fully saturated rings. The Morgan fingerprint density at radius 1 is 1.80 bits per heavy atom. The lowest BCUT2D eigenvalue weighted by Crippen LogP contribution is -2.12. The first-order chi connectivity index (χ1) is 4.74. The van der Waals surface area contributed by atoms with Crippen LogP contribution in [0.4, 0.5) is 5.88 Å². The summed E-state index contributed by atoms with van der Waals surface area (Å²) in [5, 5.41) is 6.74. The minimum atomic E-state index is 0.195. The molecule has 0 radical (unpaired) electrons. The van der Waals surface area contributed by atoms with Gasteiger partial charge in [-0.2, -0.15) is 0 Å². The predicted octanol–water partition coefficient (Wildman–Crippen LogP) is 0.537. The third kappa shape index (κ3) is 1.27. The van der Waals surface area contributed by atoms with Gasteiger partial charge in [0, 0.05) is 12.1 Å². The average molecular weight is 141 g/mol. The molecule has 1 unspecified atom stereocenters. The minimum absolute atomic E-state index is 0.195. The monoisotopic (exact) mass is 141 g/mol. The van der Waals surface area contributed by atoms with Crippen LogP contribution in [-0.2, 0) is 0 Å². The third-order valence-electron chi connectivity index (χ3n) is 1.42. The molecular weight excluding hydrogens is 130 g/mol. The van der Waals surface area contributed by atoms with E-state index in [4.69, 9.17) is 5.73 Å². The van der Waals surface area contributed by atoms with Gasteiger partial charge >= 0.3 is 0 Å². The molecule has 0 spiro atoms. The molecular formula is C6H11N3O. The summed E-state index contributed by atoms with van der Waals surface area (Å²) in [4.78, 5) is 0. The number of nitrogens with one attached hydrogen (secondary N) is 1. The first-order valence-corrected chi connectivity index (χ1v) is 3.13. The van der Waals surface area contributed by atoms with E-state index in [0.29, 0.717) is 5.88 Å². The summed E-state index contributed by atoms with van der Waals surface area (Å²) in [6.45, 7) is 1.98. The molecule has 0 aliphatic heterocycles. The van der Waals surface area contributed by atoms with Crippen LogP contribution < -0.4 is 11.1 Å². The summed E-state index contributed by atoms with van der Waals surface area (Å²) in [5.74, 6) is 0.358. The summed E-state index contributed by atoms with van der Waals surface area (Å²) in [7, 11) is 1.86. The van der Waals surface area contributed by atoms with Gasteiger partial charge in [-0.25, -0.2) is 0 Å². The van der Waals surface area contributed by atoms with Gasteiger partial charge in [-0.1, -0.05) is 5.16 Å². The molecule has 1 rings (SSSR count). The van der Waals surface area contributed by atoms with E-state index >= 15 is 0 Å². The van der Waals surface area contributed by atoms with Gasteiger partial charge in [0.2, 0.25) is 5.88 Å². The van der Waals surface area contributed by atoms with Crippen LogP contribution in [0, 0.1) is 0 Å². The zero-order valence-corrected chi connectivity index (χ0v) is 6.09. The van der Waals surface area contributed by atoms with Crippen LogP contribution in [0.2, 0.25) is 0 Å². The zero-order valence-electron chi connectivity index (χ0n) is 6.09. The fraction of sp³-hybridized carbons (Fsp3) is 0.500. The molecule has 10 heavy (non-hydrogen) atoms. The minimum Gasteiger partial charge on any atom is -0.368 e. The van der Waals surface area contributed by atoms with Gasteiger partial charge in [0.15, 0.2) is 0 Å². The molecule has 0 aromatic carbocycles. The average Bonchev–Trinajstić information content (AvgIpc) is 2.34. The molecule has 0 aliphatic rings. The molecule has 0 amide bonds. The molecule has 0 bridgehead atoms. The maximum Gasteiger partial charge on any atom is 0.222 e. The number of hydrogen-bond acceptors (Lipinski definition) is 4. The first kappa shape index (κ1) is 7.08. The van der Waals surface area contributed by atoms with Crippen LogP contribution >= 0.6 is 0 Å². The maximum absolute atomic E-state index is 5.31. The summed E-state index contributed by atoms with van der Waals surface area (Å²) >= 11 is 0. The fourth-order valence-electron chi connectivity index (χ4n) is 0.656. The van der Waals surface area contributed by atoms with Gasteiger partial charge in [0.1, 0.15) is 5.69 Å². The maximum atomic E-state index is 5.31. The molecule has 1 atom stereocenters. The van der Waals surface area contributed by atoms with Crippen molar-refractivity contribution in [1.82, 2.24) is 10.5 Å². The Balaban J connectivity index is 2.74. The van der Waals surface area contributed by atoms with E-state index < -0.39 is 0 Å². The van der Waals surface area contributed by atoms with Crippen LogP contribution in [0.5, 0.6) is 0 Å². The molecule has 3 N–H and O–H groups in total. The van der Waals surface area contributed by atoms with Crippen LogP contribution in [0.25, 0.3) is 0 Å². The number of nitrogen functional groups attached to an aromatic ring is 1. The number of nitrogens with two attached hydrogens (primary N) is 1.